The lowest BCUT2D eigenvalue weighted by molar-refractivity contribution is -0.144. The summed E-state index contributed by atoms with van der Waals surface area (Å²) in [6.07, 6.45) is -20.6. The number of hydrogen-bond acceptors (Lipinski definition) is 3. The monoisotopic (exact) mass is 983 g/mol. The second-order valence-electron chi connectivity index (χ2n) is 16.8. The summed E-state index contributed by atoms with van der Waals surface area (Å²) in [6, 6.07) is 38.0. The molecule has 2 heterocycles. The van der Waals surface area contributed by atoms with Gasteiger partial charge in [0.25, 0.3) is 0 Å². The predicted octanol–water partition coefficient (Wildman–Crippen LogP) is 16.6. The standard InChI is InChI=1S/C55H25F12N5/c56-52(57,58)37-18-34(19-38(24-37)53(59,60)61)32-9-11-43-41-5-1-3-7-45(41)71(47(43)22-32)49-16-31(28-70)17-50(51(49)36-14-29(26-68)13-30(15-36)27-69)72-46-8-4-2-6-42(46)44-12-10-33(23-48(44)72)35-20-39(54(62,63)64)25-40(21-35)55(65,66)67/h1-25H. The third-order valence-corrected chi connectivity index (χ3v) is 12.4. The SMILES string of the molecule is N#Cc1cc(C#N)cc(-c2c(-n3c4ccccc4c4ccc(-c5cc(C(F)(F)F)cc(C(F)(F)F)c5)cc43)cc(C#N)cc2-n2c3ccccc3c3ccc(-c4cc(C(F)(F)F)cc(C(F)(F)F)c4)cc32)c1. The van der Waals surface area contributed by atoms with Crippen LogP contribution in [0.25, 0.3) is 88.4 Å². The number of hydrogen-bond donors (Lipinski definition) is 0. The van der Waals surface area contributed by atoms with Gasteiger partial charge in [-0.25, -0.2) is 0 Å². The Morgan fingerprint density at radius 3 is 0.986 bits per heavy atom. The van der Waals surface area contributed by atoms with Gasteiger partial charge in [0.15, 0.2) is 0 Å². The van der Waals surface area contributed by atoms with Gasteiger partial charge in [0.05, 0.1) is 90.6 Å². The third kappa shape index (κ3) is 8.06. The van der Waals surface area contributed by atoms with E-state index in [1.54, 1.807) is 57.7 Å². The third-order valence-electron chi connectivity index (χ3n) is 12.4. The average Bonchev–Trinajstić information content (AvgIpc) is 3.86. The molecule has 10 rings (SSSR count). The van der Waals surface area contributed by atoms with E-state index in [4.69, 9.17) is 0 Å². The van der Waals surface area contributed by atoms with Crippen LogP contribution >= 0.6 is 0 Å². The van der Waals surface area contributed by atoms with Gasteiger partial charge in [0.2, 0.25) is 0 Å². The van der Waals surface area contributed by atoms with Gasteiger partial charge in [-0.2, -0.15) is 68.5 Å². The fourth-order valence-corrected chi connectivity index (χ4v) is 9.29. The highest BCUT2D eigenvalue weighted by molar-refractivity contribution is 6.13. The van der Waals surface area contributed by atoms with Crippen LogP contribution in [0.2, 0.25) is 0 Å². The highest BCUT2D eigenvalue weighted by Gasteiger charge is 2.39. The molecule has 0 amide bonds. The number of alkyl halides is 12. The normalized spacial score (nSPS) is 12.4. The van der Waals surface area contributed by atoms with Crippen LogP contribution in [-0.2, 0) is 24.7 Å². The molecule has 354 valence electrons. The van der Waals surface area contributed by atoms with Gasteiger partial charge in [-0.3, -0.25) is 0 Å². The fraction of sp³-hybridized carbons (Fsp3) is 0.0727. The van der Waals surface area contributed by atoms with Crippen molar-refractivity contribution in [2.45, 2.75) is 24.7 Å². The summed E-state index contributed by atoms with van der Waals surface area (Å²) in [7, 11) is 0. The van der Waals surface area contributed by atoms with Crippen LogP contribution in [0.15, 0.2) is 152 Å². The van der Waals surface area contributed by atoms with Crippen molar-refractivity contribution in [1.82, 2.24) is 9.13 Å². The number of fused-ring (bicyclic) bond motifs is 6. The highest BCUT2D eigenvalue weighted by atomic mass is 19.4. The highest BCUT2D eigenvalue weighted by Crippen LogP contribution is 2.46. The molecule has 0 saturated heterocycles. The predicted molar refractivity (Wildman–Crippen MR) is 246 cm³/mol. The molecule has 0 radical (unpaired) electrons. The van der Waals surface area contributed by atoms with Crippen molar-refractivity contribution in [3.8, 4) is 63.0 Å². The van der Waals surface area contributed by atoms with E-state index in [1.165, 1.54) is 66.7 Å². The van der Waals surface area contributed by atoms with Crippen molar-refractivity contribution in [2.24, 2.45) is 0 Å². The minimum Gasteiger partial charge on any atom is -0.308 e. The summed E-state index contributed by atoms with van der Waals surface area (Å²) in [5.41, 5.74) is -5.13. The second-order valence-corrected chi connectivity index (χ2v) is 16.8. The molecule has 0 spiro atoms. The number of nitriles is 3. The fourth-order valence-electron chi connectivity index (χ4n) is 9.29. The van der Waals surface area contributed by atoms with E-state index in [0.29, 0.717) is 56.8 Å². The molecule has 8 aromatic carbocycles. The first kappa shape index (κ1) is 46.7. The minimum atomic E-state index is -5.16. The minimum absolute atomic E-state index is 0.00866. The molecule has 17 heteroatoms. The zero-order chi connectivity index (χ0) is 51.2. The number of aromatic nitrogens is 2. The summed E-state index contributed by atoms with van der Waals surface area (Å²) in [5, 5.41) is 33.3. The Bertz CT molecular complexity index is 3720. The van der Waals surface area contributed by atoms with Crippen molar-refractivity contribution in [3.05, 3.63) is 191 Å². The van der Waals surface area contributed by atoms with E-state index < -0.39 is 58.1 Å². The largest absolute Gasteiger partial charge is 0.416 e. The molecule has 0 aliphatic rings. The lowest BCUT2D eigenvalue weighted by Crippen LogP contribution is -2.11. The van der Waals surface area contributed by atoms with Crippen LogP contribution in [-0.4, -0.2) is 9.13 Å². The van der Waals surface area contributed by atoms with Crippen molar-refractivity contribution in [3.63, 3.8) is 0 Å². The maximum atomic E-state index is 14.2. The van der Waals surface area contributed by atoms with Crippen molar-refractivity contribution in [1.29, 1.82) is 15.8 Å². The smallest absolute Gasteiger partial charge is 0.308 e. The van der Waals surface area contributed by atoms with E-state index in [9.17, 15) is 68.5 Å². The molecule has 0 atom stereocenters. The molecular formula is C55H25F12N5. The van der Waals surface area contributed by atoms with Gasteiger partial charge < -0.3 is 9.13 Å². The molecule has 10 aromatic rings. The van der Waals surface area contributed by atoms with Gasteiger partial charge in [-0.15, -0.1) is 0 Å². The summed E-state index contributed by atoms with van der Waals surface area (Å²) < 4.78 is 173. The first-order valence-corrected chi connectivity index (χ1v) is 21.3. The first-order chi connectivity index (χ1) is 34.0. The number of rotatable bonds is 5. The Morgan fingerprint density at radius 1 is 0.306 bits per heavy atom. The Kier molecular flexibility index (Phi) is 10.7. The molecular weight excluding hydrogens is 959 g/mol. The topological polar surface area (TPSA) is 81.2 Å². The van der Waals surface area contributed by atoms with Crippen LogP contribution in [0.3, 0.4) is 0 Å². The molecule has 2 aromatic heterocycles. The zero-order valence-corrected chi connectivity index (χ0v) is 36.2. The Hall–Kier alpha value is -9.01. The van der Waals surface area contributed by atoms with Crippen LogP contribution in [0, 0.1) is 34.0 Å². The number of benzene rings is 8. The molecule has 0 fully saturated rings. The first-order valence-electron chi connectivity index (χ1n) is 21.3. The van der Waals surface area contributed by atoms with E-state index in [1.807, 2.05) is 12.1 Å². The van der Waals surface area contributed by atoms with Gasteiger partial charge in [0.1, 0.15) is 0 Å². The summed E-state index contributed by atoms with van der Waals surface area (Å²) >= 11 is 0. The van der Waals surface area contributed by atoms with E-state index >= 15 is 0 Å². The lowest BCUT2D eigenvalue weighted by Gasteiger charge is -2.21. The van der Waals surface area contributed by atoms with E-state index in [2.05, 4.69) is 6.07 Å². The molecule has 0 aliphatic carbocycles. The molecule has 0 saturated carbocycles. The zero-order valence-electron chi connectivity index (χ0n) is 36.2. The van der Waals surface area contributed by atoms with Crippen molar-refractivity contribution >= 4 is 43.6 Å². The summed E-state index contributed by atoms with van der Waals surface area (Å²) in [4.78, 5) is 0. The van der Waals surface area contributed by atoms with Gasteiger partial charge in [0, 0.05) is 27.1 Å². The van der Waals surface area contributed by atoms with Gasteiger partial charge in [-0.1, -0.05) is 60.7 Å². The average molecular weight is 984 g/mol. The molecule has 0 unspecified atom stereocenters. The van der Waals surface area contributed by atoms with Gasteiger partial charge >= 0.3 is 24.7 Å². The van der Waals surface area contributed by atoms with Crippen molar-refractivity contribution in [2.75, 3.05) is 0 Å². The van der Waals surface area contributed by atoms with E-state index in [0.717, 1.165) is 0 Å². The molecule has 5 nitrogen and oxygen atoms in total. The maximum Gasteiger partial charge on any atom is 0.416 e. The molecule has 0 aliphatic heterocycles. The van der Waals surface area contributed by atoms with Crippen LogP contribution in [0.5, 0.6) is 0 Å². The summed E-state index contributed by atoms with van der Waals surface area (Å²) in [6.45, 7) is 0. The second kappa shape index (κ2) is 16.6. The van der Waals surface area contributed by atoms with Gasteiger partial charge in [-0.05, 0) is 119 Å². The quantitative estimate of drug-likeness (QED) is 0.161. The number of nitrogens with zero attached hydrogens (tertiary/aromatic N) is 5. The van der Waals surface area contributed by atoms with Crippen LogP contribution in [0.1, 0.15) is 38.9 Å². The molecule has 0 N–H and O–H groups in total. The number of halogens is 12. The molecule has 72 heavy (non-hydrogen) atoms. The summed E-state index contributed by atoms with van der Waals surface area (Å²) in [5.74, 6) is 0. The van der Waals surface area contributed by atoms with Crippen LogP contribution in [0.4, 0.5) is 52.7 Å². The Balaban J connectivity index is 1.35. The maximum absolute atomic E-state index is 14.2. The van der Waals surface area contributed by atoms with Crippen molar-refractivity contribution < 1.29 is 52.7 Å². The number of para-hydroxylation sites is 2. The Labute approximate surface area is 398 Å². The van der Waals surface area contributed by atoms with E-state index in [-0.39, 0.29) is 73.5 Å². The molecule has 0 bridgehead atoms. The lowest BCUT2D eigenvalue weighted by atomic mass is 9.95. The van der Waals surface area contributed by atoms with Crippen LogP contribution < -0.4 is 0 Å². The Morgan fingerprint density at radius 2 is 0.639 bits per heavy atom.